The lowest BCUT2D eigenvalue weighted by atomic mass is 10.1. The van der Waals surface area contributed by atoms with Crippen molar-refractivity contribution < 1.29 is 9.53 Å². The van der Waals surface area contributed by atoms with Crippen LogP contribution in [0.15, 0.2) is 27.1 Å². The second-order valence-corrected chi connectivity index (χ2v) is 7.42. The predicted octanol–water partition coefficient (Wildman–Crippen LogP) is 2.88. The van der Waals surface area contributed by atoms with Gasteiger partial charge in [0.25, 0.3) is 5.91 Å². The van der Waals surface area contributed by atoms with Crippen molar-refractivity contribution in [2.24, 2.45) is 0 Å². The van der Waals surface area contributed by atoms with Crippen molar-refractivity contribution in [3.63, 3.8) is 0 Å². The highest BCUT2D eigenvalue weighted by Gasteiger charge is 2.11. The summed E-state index contributed by atoms with van der Waals surface area (Å²) < 4.78 is 7.09. The van der Waals surface area contributed by atoms with E-state index in [-0.39, 0.29) is 18.1 Å². The van der Waals surface area contributed by atoms with Gasteiger partial charge in [-0.1, -0.05) is 15.9 Å². The standard InChI is InChI=1S/C13H17Br2N3O2S/c1-13(2,3)16-12(21)18-17-11(19)7-20-10-5-4-8(14)6-9(10)15/h4-6H,7H2,1-3H3,(H,17,19)(H2,16,18,21). The van der Waals surface area contributed by atoms with Gasteiger partial charge in [-0.3, -0.25) is 15.6 Å². The van der Waals surface area contributed by atoms with E-state index >= 15 is 0 Å². The number of carbonyl (C=O) groups is 1. The summed E-state index contributed by atoms with van der Waals surface area (Å²) in [5.74, 6) is 0.256. The zero-order valence-corrected chi connectivity index (χ0v) is 15.9. The molecule has 0 aromatic heterocycles. The van der Waals surface area contributed by atoms with Crippen molar-refractivity contribution in [1.29, 1.82) is 0 Å². The Labute approximate surface area is 146 Å². The van der Waals surface area contributed by atoms with Crippen molar-refractivity contribution in [1.82, 2.24) is 16.2 Å². The van der Waals surface area contributed by atoms with Gasteiger partial charge in [-0.2, -0.15) is 0 Å². The van der Waals surface area contributed by atoms with Crippen LogP contribution < -0.4 is 20.9 Å². The highest BCUT2D eigenvalue weighted by Crippen LogP contribution is 2.27. The number of amides is 1. The summed E-state index contributed by atoms with van der Waals surface area (Å²) in [7, 11) is 0. The second-order valence-electron chi connectivity index (χ2n) is 5.24. The number of benzene rings is 1. The van der Waals surface area contributed by atoms with Gasteiger partial charge in [0.2, 0.25) is 0 Å². The van der Waals surface area contributed by atoms with E-state index in [1.54, 1.807) is 6.07 Å². The summed E-state index contributed by atoms with van der Waals surface area (Å²) in [6.45, 7) is 5.79. The molecule has 1 rings (SSSR count). The largest absolute Gasteiger partial charge is 0.483 e. The van der Waals surface area contributed by atoms with Gasteiger partial charge in [0.15, 0.2) is 11.7 Å². The highest BCUT2D eigenvalue weighted by molar-refractivity contribution is 9.11. The van der Waals surface area contributed by atoms with Gasteiger partial charge in [-0.05, 0) is 67.1 Å². The molecule has 0 aliphatic carbocycles. The van der Waals surface area contributed by atoms with E-state index in [0.717, 1.165) is 8.95 Å². The molecule has 0 saturated heterocycles. The van der Waals surface area contributed by atoms with E-state index in [1.807, 2.05) is 32.9 Å². The van der Waals surface area contributed by atoms with Crippen molar-refractivity contribution in [2.75, 3.05) is 6.61 Å². The molecule has 0 bridgehead atoms. The fraction of sp³-hybridized carbons (Fsp3) is 0.385. The number of thiocarbonyl (C=S) groups is 1. The molecule has 0 spiro atoms. The molecule has 0 aliphatic rings. The van der Waals surface area contributed by atoms with Crippen LogP contribution in [-0.4, -0.2) is 23.2 Å². The van der Waals surface area contributed by atoms with E-state index < -0.39 is 0 Å². The molecule has 0 heterocycles. The molecule has 8 heteroatoms. The third-order valence-electron chi connectivity index (χ3n) is 2.06. The molecule has 21 heavy (non-hydrogen) atoms. The van der Waals surface area contributed by atoms with Gasteiger partial charge >= 0.3 is 0 Å². The Morgan fingerprint density at radius 1 is 1.29 bits per heavy atom. The molecule has 0 aliphatic heterocycles. The van der Waals surface area contributed by atoms with E-state index in [2.05, 4.69) is 48.0 Å². The molecule has 1 aromatic carbocycles. The fourth-order valence-electron chi connectivity index (χ4n) is 1.27. The van der Waals surface area contributed by atoms with Gasteiger partial charge in [0, 0.05) is 10.0 Å². The van der Waals surface area contributed by atoms with Crippen LogP contribution in [-0.2, 0) is 4.79 Å². The lowest BCUT2D eigenvalue weighted by molar-refractivity contribution is -0.123. The molecule has 0 radical (unpaired) electrons. The zero-order valence-electron chi connectivity index (χ0n) is 11.9. The normalized spacial score (nSPS) is 10.7. The Kier molecular flexibility index (Phi) is 6.89. The number of hydrogen-bond acceptors (Lipinski definition) is 3. The fourth-order valence-corrected chi connectivity index (χ4v) is 2.79. The van der Waals surface area contributed by atoms with Crippen molar-refractivity contribution >= 4 is 55.1 Å². The average molecular weight is 439 g/mol. The first-order chi connectivity index (χ1) is 9.67. The average Bonchev–Trinajstić information content (AvgIpc) is 2.33. The first kappa shape index (κ1) is 18.2. The quantitative estimate of drug-likeness (QED) is 0.500. The summed E-state index contributed by atoms with van der Waals surface area (Å²) in [6.07, 6.45) is 0. The molecule has 0 unspecified atom stereocenters. The van der Waals surface area contributed by atoms with Crippen LogP contribution >= 0.6 is 44.1 Å². The van der Waals surface area contributed by atoms with Crippen LogP contribution in [0.1, 0.15) is 20.8 Å². The van der Waals surface area contributed by atoms with Crippen LogP contribution in [0.25, 0.3) is 0 Å². The van der Waals surface area contributed by atoms with Crippen LogP contribution in [0.3, 0.4) is 0 Å². The molecule has 0 fully saturated rings. The number of halogens is 2. The predicted molar refractivity (Wildman–Crippen MR) is 94.1 cm³/mol. The summed E-state index contributed by atoms with van der Waals surface area (Å²) in [4.78, 5) is 11.7. The maximum atomic E-state index is 11.7. The van der Waals surface area contributed by atoms with Crippen LogP contribution in [0.2, 0.25) is 0 Å². The Balaban J connectivity index is 2.36. The van der Waals surface area contributed by atoms with E-state index in [1.165, 1.54) is 0 Å². The van der Waals surface area contributed by atoms with E-state index in [4.69, 9.17) is 17.0 Å². The van der Waals surface area contributed by atoms with Gasteiger partial charge in [-0.25, -0.2) is 0 Å². The van der Waals surface area contributed by atoms with Gasteiger partial charge < -0.3 is 10.1 Å². The van der Waals surface area contributed by atoms with Crippen LogP contribution in [0.4, 0.5) is 0 Å². The van der Waals surface area contributed by atoms with Crippen molar-refractivity contribution in [3.8, 4) is 5.75 Å². The summed E-state index contributed by atoms with van der Waals surface area (Å²) in [6, 6.07) is 5.44. The number of hydrazine groups is 1. The number of carbonyl (C=O) groups excluding carboxylic acids is 1. The third-order valence-corrected chi connectivity index (χ3v) is 3.37. The monoisotopic (exact) mass is 437 g/mol. The molecule has 1 aromatic rings. The third kappa shape index (κ3) is 7.63. The Hall–Kier alpha value is -0.860. The summed E-state index contributed by atoms with van der Waals surface area (Å²) in [5, 5.41) is 3.36. The minimum absolute atomic E-state index is 0.120. The molecular formula is C13H17Br2N3O2S. The number of nitrogens with one attached hydrogen (secondary N) is 3. The summed E-state index contributed by atoms with van der Waals surface area (Å²) in [5.41, 5.74) is 4.91. The second kappa shape index (κ2) is 7.95. The van der Waals surface area contributed by atoms with Gasteiger partial charge in [-0.15, -0.1) is 0 Å². The number of ether oxygens (including phenoxy) is 1. The highest BCUT2D eigenvalue weighted by atomic mass is 79.9. The number of rotatable bonds is 3. The zero-order chi connectivity index (χ0) is 16.0. The minimum Gasteiger partial charge on any atom is -0.483 e. The molecule has 3 N–H and O–H groups in total. The first-order valence-corrected chi connectivity index (χ1v) is 8.11. The Morgan fingerprint density at radius 2 is 1.95 bits per heavy atom. The van der Waals surface area contributed by atoms with E-state index in [9.17, 15) is 4.79 Å². The smallest absolute Gasteiger partial charge is 0.276 e. The first-order valence-electron chi connectivity index (χ1n) is 6.12. The number of hydrogen-bond donors (Lipinski definition) is 3. The van der Waals surface area contributed by atoms with Gasteiger partial charge in [0.05, 0.1) is 4.47 Å². The molecule has 1 amide bonds. The molecule has 5 nitrogen and oxygen atoms in total. The molecular weight excluding hydrogens is 422 g/mol. The molecule has 0 saturated carbocycles. The maximum Gasteiger partial charge on any atom is 0.276 e. The topological polar surface area (TPSA) is 62.4 Å². The van der Waals surface area contributed by atoms with Crippen LogP contribution in [0.5, 0.6) is 5.75 Å². The summed E-state index contributed by atoms with van der Waals surface area (Å²) >= 11 is 11.7. The van der Waals surface area contributed by atoms with E-state index in [0.29, 0.717) is 10.9 Å². The van der Waals surface area contributed by atoms with Crippen molar-refractivity contribution in [2.45, 2.75) is 26.3 Å². The van der Waals surface area contributed by atoms with Gasteiger partial charge in [0.1, 0.15) is 5.75 Å². The van der Waals surface area contributed by atoms with Crippen LogP contribution in [0, 0.1) is 0 Å². The molecule has 116 valence electrons. The SMILES string of the molecule is CC(C)(C)NC(=S)NNC(=O)COc1ccc(Br)cc1Br. The van der Waals surface area contributed by atoms with Crippen molar-refractivity contribution in [3.05, 3.63) is 27.1 Å². The Bertz CT molecular complexity index is 533. The minimum atomic E-state index is -0.331. The lowest BCUT2D eigenvalue weighted by Gasteiger charge is -2.23. The molecule has 0 atom stereocenters. The maximum absolute atomic E-state index is 11.7. The Morgan fingerprint density at radius 3 is 2.52 bits per heavy atom. The lowest BCUT2D eigenvalue weighted by Crippen LogP contribution is -2.52.